The van der Waals surface area contributed by atoms with Crippen LogP contribution < -0.4 is 19.7 Å². The summed E-state index contributed by atoms with van der Waals surface area (Å²) in [5.74, 6) is 0.938. The van der Waals surface area contributed by atoms with Crippen LogP contribution in [0.4, 0.5) is 11.4 Å². The third kappa shape index (κ3) is 4.78. The Morgan fingerprint density at radius 2 is 1.88 bits per heavy atom. The van der Waals surface area contributed by atoms with Crippen LogP contribution in [0, 0.1) is 6.92 Å². The first-order chi connectivity index (χ1) is 15.4. The Balaban J connectivity index is 1.51. The van der Waals surface area contributed by atoms with Crippen LogP contribution in [0.15, 0.2) is 71.2 Å². The Bertz CT molecular complexity index is 1150. The van der Waals surface area contributed by atoms with Gasteiger partial charge in [-0.15, -0.1) is 0 Å². The van der Waals surface area contributed by atoms with E-state index in [-0.39, 0.29) is 11.8 Å². The molecule has 0 spiro atoms. The molecule has 2 amide bonds. The predicted octanol–water partition coefficient (Wildman–Crippen LogP) is 5.20. The molecule has 0 aliphatic carbocycles. The topological polar surface area (TPSA) is 67.9 Å². The number of hydrogen-bond acceptors (Lipinski definition) is 4. The molecule has 0 saturated heterocycles. The minimum absolute atomic E-state index is 0.153. The average Bonchev–Trinajstić information content (AvgIpc) is 2.78. The number of rotatable bonds is 6. The molecule has 0 aromatic heterocycles. The van der Waals surface area contributed by atoms with Crippen molar-refractivity contribution in [2.75, 3.05) is 23.4 Å². The fourth-order valence-electron chi connectivity index (χ4n) is 3.45. The molecular weight excluding hydrogens is 472 g/mol. The fourth-order valence-corrected chi connectivity index (χ4v) is 3.91. The van der Waals surface area contributed by atoms with E-state index in [0.29, 0.717) is 40.3 Å². The first-order valence-electron chi connectivity index (χ1n) is 10.3. The van der Waals surface area contributed by atoms with Gasteiger partial charge in [0.1, 0.15) is 18.1 Å². The van der Waals surface area contributed by atoms with Gasteiger partial charge in [-0.25, -0.2) is 0 Å². The highest BCUT2D eigenvalue weighted by Gasteiger charge is 2.31. The standard InChI is InChI=1S/C25H23BrN2O4/c1-16-7-10-19(11-8-16)31-14-13-28-22-15-18(9-12-23(22)32-17(2)25(28)30)27-24(29)20-5-3-4-6-21(20)26/h3-12,15,17H,13-14H2,1-2H3,(H,27,29). The van der Waals surface area contributed by atoms with Crippen LogP contribution in [0.1, 0.15) is 22.8 Å². The van der Waals surface area contributed by atoms with E-state index in [1.54, 1.807) is 42.2 Å². The molecule has 3 aromatic carbocycles. The van der Waals surface area contributed by atoms with Gasteiger partial charge >= 0.3 is 0 Å². The van der Waals surface area contributed by atoms with Gasteiger partial charge in [-0.3, -0.25) is 9.59 Å². The molecule has 32 heavy (non-hydrogen) atoms. The van der Waals surface area contributed by atoms with Gasteiger partial charge in [0.2, 0.25) is 0 Å². The molecule has 0 fully saturated rings. The highest BCUT2D eigenvalue weighted by atomic mass is 79.9. The predicted molar refractivity (Wildman–Crippen MR) is 128 cm³/mol. The molecule has 0 saturated carbocycles. The lowest BCUT2D eigenvalue weighted by Crippen LogP contribution is -2.46. The number of carbonyl (C=O) groups is 2. The van der Waals surface area contributed by atoms with E-state index in [1.165, 1.54) is 0 Å². The highest BCUT2D eigenvalue weighted by molar-refractivity contribution is 9.10. The van der Waals surface area contributed by atoms with Crippen LogP contribution in [0.3, 0.4) is 0 Å². The van der Waals surface area contributed by atoms with Crippen LogP contribution in [-0.2, 0) is 4.79 Å². The summed E-state index contributed by atoms with van der Waals surface area (Å²) in [6, 6.07) is 20.2. The lowest BCUT2D eigenvalue weighted by Gasteiger charge is -2.33. The Morgan fingerprint density at radius 1 is 1.12 bits per heavy atom. The van der Waals surface area contributed by atoms with Gasteiger partial charge < -0.3 is 19.7 Å². The summed E-state index contributed by atoms with van der Waals surface area (Å²) in [4.78, 5) is 27.2. The molecule has 1 N–H and O–H groups in total. The number of aryl methyl sites for hydroxylation is 1. The second-order valence-corrected chi connectivity index (χ2v) is 8.38. The number of amides is 2. The quantitative estimate of drug-likeness (QED) is 0.511. The SMILES string of the molecule is Cc1ccc(OCCN2C(=O)C(C)Oc3ccc(NC(=O)c4ccccc4Br)cc32)cc1. The lowest BCUT2D eigenvalue weighted by atomic mass is 10.1. The highest BCUT2D eigenvalue weighted by Crippen LogP contribution is 2.36. The van der Waals surface area contributed by atoms with E-state index in [4.69, 9.17) is 9.47 Å². The van der Waals surface area contributed by atoms with E-state index < -0.39 is 6.10 Å². The van der Waals surface area contributed by atoms with Gasteiger partial charge in [0, 0.05) is 10.2 Å². The molecule has 1 aliphatic heterocycles. The normalized spacial score (nSPS) is 15.0. The Kier molecular flexibility index (Phi) is 6.46. The molecule has 0 bridgehead atoms. The average molecular weight is 495 g/mol. The van der Waals surface area contributed by atoms with E-state index >= 15 is 0 Å². The molecule has 164 valence electrons. The third-order valence-electron chi connectivity index (χ3n) is 5.15. The maximum absolute atomic E-state index is 12.8. The number of nitrogens with zero attached hydrogens (tertiary/aromatic N) is 1. The van der Waals surface area contributed by atoms with Crippen molar-refractivity contribution in [1.82, 2.24) is 0 Å². The minimum atomic E-state index is -0.595. The summed E-state index contributed by atoms with van der Waals surface area (Å²) in [5.41, 5.74) is 2.85. The van der Waals surface area contributed by atoms with Gasteiger partial charge in [-0.2, -0.15) is 0 Å². The molecule has 1 aliphatic rings. The summed E-state index contributed by atoms with van der Waals surface area (Å²) >= 11 is 3.40. The van der Waals surface area contributed by atoms with Gasteiger partial charge in [0.05, 0.1) is 17.8 Å². The molecule has 3 aromatic rings. The zero-order valence-corrected chi connectivity index (χ0v) is 19.4. The van der Waals surface area contributed by atoms with Crippen LogP contribution in [0.5, 0.6) is 11.5 Å². The molecule has 0 radical (unpaired) electrons. The first kappa shape index (κ1) is 21.9. The Morgan fingerprint density at radius 3 is 2.62 bits per heavy atom. The Labute approximate surface area is 195 Å². The summed E-state index contributed by atoms with van der Waals surface area (Å²) in [6.07, 6.45) is -0.595. The van der Waals surface area contributed by atoms with E-state index in [2.05, 4.69) is 21.2 Å². The zero-order chi connectivity index (χ0) is 22.7. The summed E-state index contributed by atoms with van der Waals surface area (Å²) in [5, 5.41) is 2.89. The first-order valence-corrected chi connectivity index (χ1v) is 11.1. The monoisotopic (exact) mass is 494 g/mol. The van der Waals surface area contributed by atoms with Crippen molar-refractivity contribution in [3.05, 3.63) is 82.3 Å². The number of fused-ring (bicyclic) bond motifs is 1. The largest absolute Gasteiger partial charge is 0.492 e. The van der Waals surface area contributed by atoms with Crippen molar-refractivity contribution in [1.29, 1.82) is 0 Å². The van der Waals surface area contributed by atoms with Gasteiger partial charge in [-0.1, -0.05) is 29.8 Å². The van der Waals surface area contributed by atoms with Crippen molar-refractivity contribution in [2.24, 2.45) is 0 Å². The van der Waals surface area contributed by atoms with E-state index in [1.807, 2.05) is 43.3 Å². The van der Waals surface area contributed by atoms with Crippen LogP contribution >= 0.6 is 15.9 Å². The zero-order valence-electron chi connectivity index (χ0n) is 17.8. The molecule has 1 unspecified atom stereocenters. The molecule has 1 heterocycles. The molecular formula is C25H23BrN2O4. The second-order valence-electron chi connectivity index (χ2n) is 7.53. The number of halogens is 1. The van der Waals surface area contributed by atoms with Crippen LogP contribution in [-0.4, -0.2) is 31.1 Å². The second kappa shape index (κ2) is 9.44. The van der Waals surface area contributed by atoms with Gasteiger partial charge in [-0.05, 0) is 72.2 Å². The molecule has 1 atom stereocenters. The van der Waals surface area contributed by atoms with Crippen LogP contribution in [0.25, 0.3) is 0 Å². The number of nitrogens with one attached hydrogen (secondary N) is 1. The fraction of sp³-hybridized carbons (Fsp3) is 0.200. The van der Waals surface area contributed by atoms with Gasteiger partial charge in [0.15, 0.2) is 6.10 Å². The molecule has 6 nitrogen and oxygen atoms in total. The minimum Gasteiger partial charge on any atom is -0.492 e. The van der Waals surface area contributed by atoms with Crippen molar-refractivity contribution in [3.8, 4) is 11.5 Å². The maximum atomic E-state index is 12.8. The van der Waals surface area contributed by atoms with Crippen molar-refractivity contribution in [2.45, 2.75) is 20.0 Å². The molecule has 7 heteroatoms. The maximum Gasteiger partial charge on any atom is 0.267 e. The summed E-state index contributed by atoms with van der Waals surface area (Å²) in [6.45, 7) is 4.42. The number of benzene rings is 3. The van der Waals surface area contributed by atoms with Crippen molar-refractivity contribution < 1.29 is 19.1 Å². The number of ether oxygens (including phenoxy) is 2. The molecule has 4 rings (SSSR count). The van der Waals surface area contributed by atoms with E-state index in [9.17, 15) is 9.59 Å². The smallest absolute Gasteiger partial charge is 0.267 e. The summed E-state index contributed by atoms with van der Waals surface area (Å²) < 4.78 is 12.3. The Hall–Kier alpha value is -3.32. The number of anilines is 2. The lowest BCUT2D eigenvalue weighted by molar-refractivity contribution is -0.125. The third-order valence-corrected chi connectivity index (χ3v) is 5.84. The van der Waals surface area contributed by atoms with Crippen molar-refractivity contribution in [3.63, 3.8) is 0 Å². The number of carbonyl (C=O) groups excluding carboxylic acids is 2. The summed E-state index contributed by atoms with van der Waals surface area (Å²) in [7, 11) is 0. The van der Waals surface area contributed by atoms with E-state index in [0.717, 1.165) is 11.3 Å². The van der Waals surface area contributed by atoms with Crippen LogP contribution in [0.2, 0.25) is 0 Å². The number of hydrogen-bond donors (Lipinski definition) is 1. The van der Waals surface area contributed by atoms with Gasteiger partial charge in [0.25, 0.3) is 11.8 Å². The van der Waals surface area contributed by atoms with Crippen molar-refractivity contribution >= 4 is 39.1 Å².